The highest BCUT2D eigenvalue weighted by molar-refractivity contribution is 7.89. The SMILES string of the molecule is CCC1CCCCN1S(=O)(=O)c1ccc(C(=O)N2CCN(c3nc4c(F)cc(F)cc4s3)CC2)cc1. The summed E-state index contributed by atoms with van der Waals surface area (Å²) in [6.45, 7) is 4.44. The fourth-order valence-electron chi connectivity index (χ4n) is 4.97. The highest BCUT2D eigenvalue weighted by atomic mass is 32.2. The zero-order valence-corrected chi connectivity index (χ0v) is 21.6. The molecule has 3 aromatic rings. The molecule has 2 saturated heterocycles. The van der Waals surface area contributed by atoms with Crippen LogP contribution in [0.1, 0.15) is 43.0 Å². The van der Waals surface area contributed by atoms with E-state index in [1.54, 1.807) is 21.3 Å². The van der Waals surface area contributed by atoms with Crippen molar-refractivity contribution >= 4 is 42.6 Å². The molecule has 1 atom stereocenters. The lowest BCUT2D eigenvalue weighted by atomic mass is 10.0. The summed E-state index contributed by atoms with van der Waals surface area (Å²) in [5.74, 6) is -1.48. The largest absolute Gasteiger partial charge is 0.345 e. The molecule has 0 N–H and O–H groups in total. The van der Waals surface area contributed by atoms with Gasteiger partial charge in [-0.3, -0.25) is 4.79 Å². The monoisotopic (exact) mass is 534 g/mol. The Hall–Kier alpha value is -2.63. The van der Waals surface area contributed by atoms with E-state index in [1.165, 1.54) is 29.5 Å². The van der Waals surface area contributed by atoms with E-state index in [1.807, 2.05) is 11.8 Å². The van der Waals surface area contributed by atoms with E-state index in [0.29, 0.717) is 48.1 Å². The lowest BCUT2D eigenvalue weighted by Gasteiger charge is -2.35. The zero-order valence-electron chi connectivity index (χ0n) is 20.0. The van der Waals surface area contributed by atoms with Crippen LogP contribution in [0.3, 0.4) is 0 Å². The molecule has 0 bridgehead atoms. The number of aromatic nitrogens is 1. The van der Waals surface area contributed by atoms with Crippen molar-refractivity contribution < 1.29 is 22.0 Å². The Morgan fingerprint density at radius 2 is 1.78 bits per heavy atom. The molecule has 0 spiro atoms. The van der Waals surface area contributed by atoms with E-state index in [2.05, 4.69) is 4.98 Å². The lowest BCUT2D eigenvalue weighted by Crippen LogP contribution is -2.48. The van der Waals surface area contributed by atoms with Crippen LogP contribution in [0.25, 0.3) is 10.2 Å². The van der Waals surface area contributed by atoms with Gasteiger partial charge in [0.2, 0.25) is 10.0 Å². The van der Waals surface area contributed by atoms with Gasteiger partial charge in [0, 0.05) is 50.4 Å². The standard InChI is InChI=1S/C25H28F2N4O3S2/c1-2-19-5-3-4-10-31(19)36(33,34)20-8-6-17(7-9-20)24(32)29-11-13-30(14-12-29)25-28-23-21(27)15-18(26)16-22(23)35-25/h6-9,15-16,19H,2-5,10-14H2,1H3. The Bertz CT molecular complexity index is 1370. The average Bonchev–Trinajstić information content (AvgIpc) is 3.33. The van der Waals surface area contributed by atoms with Crippen LogP contribution in [0.5, 0.6) is 0 Å². The van der Waals surface area contributed by atoms with Gasteiger partial charge in [-0.2, -0.15) is 4.31 Å². The number of carbonyl (C=O) groups excluding carboxylic acids is 1. The summed E-state index contributed by atoms with van der Waals surface area (Å²) in [5, 5.41) is 0.597. The van der Waals surface area contributed by atoms with Crippen LogP contribution in [0.2, 0.25) is 0 Å². The molecule has 0 radical (unpaired) electrons. The number of fused-ring (bicyclic) bond motifs is 1. The zero-order chi connectivity index (χ0) is 25.4. The second-order valence-corrected chi connectivity index (χ2v) is 12.1. The summed E-state index contributed by atoms with van der Waals surface area (Å²) in [5.41, 5.74) is 0.588. The maximum Gasteiger partial charge on any atom is 0.253 e. The van der Waals surface area contributed by atoms with Crippen molar-refractivity contribution in [3.8, 4) is 0 Å². The third-order valence-corrected chi connectivity index (χ3v) is 10.0. The summed E-state index contributed by atoms with van der Waals surface area (Å²) >= 11 is 1.23. The smallest absolute Gasteiger partial charge is 0.253 e. The topological polar surface area (TPSA) is 73.8 Å². The molecule has 2 aliphatic rings. The minimum Gasteiger partial charge on any atom is -0.345 e. The van der Waals surface area contributed by atoms with Crippen LogP contribution >= 0.6 is 11.3 Å². The molecule has 1 unspecified atom stereocenters. The summed E-state index contributed by atoms with van der Waals surface area (Å²) in [4.78, 5) is 21.3. The van der Waals surface area contributed by atoms with Crippen LogP contribution in [0.4, 0.5) is 13.9 Å². The molecule has 2 aliphatic heterocycles. The molecule has 1 amide bonds. The summed E-state index contributed by atoms with van der Waals surface area (Å²) in [6.07, 6.45) is 3.56. The van der Waals surface area contributed by atoms with Crippen molar-refractivity contribution in [2.75, 3.05) is 37.6 Å². The van der Waals surface area contributed by atoms with Gasteiger partial charge in [-0.25, -0.2) is 22.2 Å². The minimum absolute atomic E-state index is 0.0206. The van der Waals surface area contributed by atoms with Gasteiger partial charge < -0.3 is 9.80 Å². The highest BCUT2D eigenvalue weighted by Gasteiger charge is 2.33. The van der Waals surface area contributed by atoms with Crippen molar-refractivity contribution in [2.45, 2.75) is 43.5 Å². The molecule has 0 aliphatic carbocycles. The molecule has 5 rings (SSSR count). The van der Waals surface area contributed by atoms with Gasteiger partial charge in [-0.05, 0) is 49.6 Å². The Kier molecular flexibility index (Phi) is 6.97. The number of nitrogens with zero attached hydrogens (tertiary/aromatic N) is 4. The van der Waals surface area contributed by atoms with Gasteiger partial charge in [0.25, 0.3) is 5.91 Å². The molecule has 36 heavy (non-hydrogen) atoms. The van der Waals surface area contributed by atoms with E-state index in [4.69, 9.17) is 0 Å². The minimum atomic E-state index is -3.60. The summed E-state index contributed by atoms with van der Waals surface area (Å²) in [6, 6.07) is 8.33. The normalized spacial score (nSPS) is 19.7. The number of carbonyl (C=O) groups is 1. The van der Waals surface area contributed by atoms with Crippen molar-refractivity contribution in [1.29, 1.82) is 0 Å². The van der Waals surface area contributed by atoms with Crippen molar-refractivity contribution in [1.82, 2.24) is 14.2 Å². The van der Waals surface area contributed by atoms with Crippen molar-refractivity contribution in [3.63, 3.8) is 0 Å². The summed E-state index contributed by atoms with van der Waals surface area (Å²) < 4.78 is 56.0. The Morgan fingerprint density at radius 3 is 2.47 bits per heavy atom. The average molecular weight is 535 g/mol. The highest BCUT2D eigenvalue weighted by Crippen LogP contribution is 2.32. The van der Waals surface area contributed by atoms with Crippen LogP contribution < -0.4 is 4.90 Å². The molecule has 2 fully saturated rings. The van der Waals surface area contributed by atoms with E-state index in [-0.39, 0.29) is 22.4 Å². The first-order valence-electron chi connectivity index (χ1n) is 12.2. The number of hydrogen-bond donors (Lipinski definition) is 0. The lowest BCUT2D eigenvalue weighted by molar-refractivity contribution is 0.0746. The first-order valence-corrected chi connectivity index (χ1v) is 14.5. The number of piperidine rings is 1. The van der Waals surface area contributed by atoms with Gasteiger partial charge in [-0.15, -0.1) is 0 Å². The van der Waals surface area contributed by atoms with Crippen LogP contribution in [0.15, 0.2) is 41.3 Å². The third-order valence-electron chi connectivity index (χ3n) is 6.99. The van der Waals surface area contributed by atoms with Gasteiger partial charge in [0.1, 0.15) is 11.3 Å². The number of anilines is 1. The van der Waals surface area contributed by atoms with Gasteiger partial charge >= 0.3 is 0 Å². The van der Waals surface area contributed by atoms with Gasteiger partial charge in [-0.1, -0.05) is 24.7 Å². The number of halogens is 2. The number of amides is 1. The van der Waals surface area contributed by atoms with Crippen molar-refractivity contribution in [2.24, 2.45) is 0 Å². The maximum absolute atomic E-state index is 14.0. The predicted molar refractivity (Wildman–Crippen MR) is 136 cm³/mol. The molecule has 11 heteroatoms. The Morgan fingerprint density at radius 1 is 1.06 bits per heavy atom. The molecule has 3 heterocycles. The number of sulfonamides is 1. The molecule has 2 aromatic carbocycles. The van der Waals surface area contributed by atoms with Crippen LogP contribution in [-0.2, 0) is 10.0 Å². The van der Waals surface area contributed by atoms with E-state index < -0.39 is 21.7 Å². The molecule has 7 nitrogen and oxygen atoms in total. The van der Waals surface area contributed by atoms with Gasteiger partial charge in [0.05, 0.1) is 9.60 Å². The first kappa shape index (κ1) is 25.0. The van der Waals surface area contributed by atoms with Crippen LogP contribution in [0, 0.1) is 11.6 Å². The van der Waals surface area contributed by atoms with Crippen LogP contribution in [-0.4, -0.2) is 67.3 Å². The Balaban J connectivity index is 1.24. The quantitative estimate of drug-likeness (QED) is 0.482. The second-order valence-electron chi connectivity index (χ2n) is 9.21. The fourth-order valence-corrected chi connectivity index (χ4v) is 7.79. The first-order chi connectivity index (χ1) is 17.3. The number of rotatable bonds is 5. The number of hydrogen-bond acceptors (Lipinski definition) is 6. The number of piperazine rings is 1. The molecule has 0 saturated carbocycles. The Labute approximate surface area is 213 Å². The third kappa shape index (κ3) is 4.71. The molecular weight excluding hydrogens is 506 g/mol. The van der Waals surface area contributed by atoms with E-state index in [9.17, 15) is 22.0 Å². The fraction of sp³-hybridized carbons (Fsp3) is 0.440. The van der Waals surface area contributed by atoms with E-state index in [0.717, 1.165) is 31.7 Å². The number of thiazole rings is 1. The predicted octanol–water partition coefficient (Wildman–Crippen LogP) is 4.49. The maximum atomic E-state index is 14.0. The molecular formula is C25H28F2N4O3S2. The second kappa shape index (κ2) is 10.0. The van der Waals surface area contributed by atoms with Gasteiger partial charge in [0.15, 0.2) is 10.9 Å². The van der Waals surface area contributed by atoms with E-state index >= 15 is 0 Å². The molecule has 1 aromatic heterocycles. The molecule has 192 valence electrons. The van der Waals surface area contributed by atoms with Crippen molar-refractivity contribution in [3.05, 3.63) is 53.6 Å². The number of benzene rings is 2. The summed E-state index contributed by atoms with van der Waals surface area (Å²) in [7, 11) is -3.60.